The molecule has 0 unspecified atom stereocenters. The van der Waals surface area contributed by atoms with Crippen molar-refractivity contribution < 1.29 is 22.7 Å². The van der Waals surface area contributed by atoms with Gasteiger partial charge in [0.25, 0.3) is 0 Å². The summed E-state index contributed by atoms with van der Waals surface area (Å²) >= 11 is 1.37. The maximum absolute atomic E-state index is 11.6. The van der Waals surface area contributed by atoms with Gasteiger partial charge in [0.2, 0.25) is 0 Å². The van der Waals surface area contributed by atoms with E-state index in [1.54, 1.807) is 6.07 Å². The van der Waals surface area contributed by atoms with Crippen molar-refractivity contribution in [2.75, 3.05) is 19.5 Å². The Balaban J connectivity index is 1.92. The van der Waals surface area contributed by atoms with E-state index in [-0.39, 0.29) is 4.90 Å². The average molecular weight is 350 g/mol. The monoisotopic (exact) mass is 350 g/mol. The van der Waals surface area contributed by atoms with Crippen LogP contribution in [0.3, 0.4) is 0 Å². The molecule has 0 radical (unpaired) electrons. The van der Waals surface area contributed by atoms with Gasteiger partial charge in [-0.1, -0.05) is 11.8 Å². The molecule has 1 aliphatic rings. The summed E-state index contributed by atoms with van der Waals surface area (Å²) in [6.45, 7) is 1.03. The molecule has 0 bridgehead atoms. The van der Waals surface area contributed by atoms with Crippen molar-refractivity contribution in [3.05, 3.63) is 42.0 Å². The molecule has 0 atom stereocenters. The van der Waals surface area contributed by atoms with Crippen molar-refractivity contribution in [3.8, 4) is 11.5 Å². The Labute approximate surface area is 138 Å². The second-order valence-corrected chi connectivity index (χ2v) is 8.13. The summed E-state index contributed by atoms with van der Waals surface area (Å²) in [6, 6.07) is 10.1. The molecule has 2 aromatic carbocycles. The molecular formula is C16H14O5S2. The first-order valence-electron chi connectivity index (χ1n) is 6.84. The molecule has 0 amide bonds. The van der Waals surface area contributed by atoms with Gasteiger partial charge in [-0.2, -0.15) is 0 Å². The summed E-state index contributed by atoms with van der Waals surface area (Å²) in [6.07, 6.45) is 1.78. The summed E-state index contributed by atoms with van der Waals surface area (Å²) in [5, 5.41) is 0. The number of sulfone groups is 1. The van der Waals surface area contributed by atoms with Gasteiger partial charge in [-0.3, -0.25) is 4.79 Å². The summed E-state index contributed by atoms with van der Waals surface area (Å²) in [7, 11) is -3.34. The molecule has 5 nitrogen and oxygen atoms in total. The van der Waals surface area contributed by atoms with Crippen LogP contribution in [-0.2, 0) is 9.84 Å². The molecule has 1 aliphatic heterocycles. The van der Waals surface area contributed by atoms with E-state index in [1.807, 2.05) is 18.2 Å². The Bertz CT molecular complexity index is 859. The molecule has 0 aliphatic carbocycles. The lowest BCUT2D eigenvalue weighted by molar-refractivity contribution is 0.112. The molecule has 1 heterocycles. The SMILES string of the molecule is CS(=O)(=O)c1ccc(Sc2ccc3c(c2)OCCO3)c(C=O)c1. The van der Waals surface area contributed by atoms with Gasteiger partial charge in [0, 0.05) is 21.6 Å². The van der Waals surface area contributed by atoms with Crippen LogP contribution in [0.1, 0.15) is 10.4 Å². The zero-order valence-electron chi connectivity index (χ0n) is 12.3. The molecule has 0 aromatic heterocycles. The van der Waals surface area contributed by atoms with Crippen molar-refractivity contribution in [1.82, 2.24) is 0 Å². The molecule has 0 spiro atoms. The van der Waals surface area contributed by atoms with E-state index < -0.39 is 9.84 Å². The number of rotatable bonds is 4. The van der Waals surface area contributed by atoms with Gasteiger partial charge in [-0.05, 0) is 36.4 Å². The molecule has 23 heavy (non-hydrogen) atoms. The number of hydrogen-bond donors (Lipinski definition) is 0. The summed E-state index contributed by atoms with van der Waals surface area (Å²) in [5.74, 6) is 1.37. The van der Waals surface area contributed by atoms with Gasteiger partial charge in [-0.15, -0.1) is 0 Å². The predicted octanol–water partition coefficient (Wildman–Crippen LogP) is 2.83. The first-order valence-corrected chi connectivity index (χ1v) is 9.55. The maximum Gasteiger partial charge on any atom is 0.175 e. The number of carbonyl (C=O) groups is 1. The lowest BCUT2D eigenvalue weighted by Crippen LogP contribution is -2.15. The van der Waals surface area contributed by atoms with Crippen LogP contribution in [0.2, 0.25) is 0 Å². The quantitative estimate of drug-likeness (QED) is 0.790. The summed E-state index contributed by atoms with van der Waals surface area (Å²) in [4.78, 5) is 13.0. The van der Waals surface area contributed by atoms with Gasteiger partial charge in [0.15, 0.2) is 27.6 Å². The van der Waals surface area contributed by atoms with E-state index in [2.05, 4.69) is 0 Å². The van der Waals surface area contributed by atoms with Gasteiger partial charge in [0.05, 0.1) is 4.90 Å². The molecule has 0 saturated heterocycles. The van der Waals surface area contributed by atoms with E-state index in [9.17, 15) is 13.2 Å². The number of ether oxygens (including phenoxy) is 2. The number of carbonyl (C=O) groups excluding carboxylic acids is 1. The number of benzene rings is 2. The first-order chi connectivity index (χ1) is 11.0. The largest absolute Gasteiger partial charge is 0.486 e. The zero-order chi connectivity index (χ0) is 16.4. The fourth-order valence-corrected chi connectivity index (χ4v) is 3.73. The second-order valence-electron chi connectivity index (χ2n) is 5.00. The minimum absolute atomic E-state index is 0.131. The Morgan fingerprint density at radius 3 is 2.48 bits per heavy atom. The van der Waals surface area contributed by atoms with Crippen LogP contribution in [-0.4, -0.2) is 34.2 Å². The minimum atomic E-state index is -3.34. The molecule has 3 rings (SSSR count). The first kappa shape index (κ1) is 15.9. The van der Waals surface area contributed by atoms with Gasteiger partial charge in [-0.25, -0.2) is 8.42 Å². The lowest BCUT2D eigenvalue weighted by atomic mass is 10.2. The lowest BCUT2D eigenvalue weighted by Gasteiger charge is -2.18. The highest BCUT2D eigenvalue weighted by molar-refractivity contribution is 7.99. The highest BCUT2D eigenvalue weighted by Crippen LogP contribution is 2.38. The minimum Gasteiger partial charge on any atom is -0.486 e. The molecule has 0 fully saturated rings. The molecule has 0 N–H and O–H groups in total. The fraction of sp³-hybridized carbons (Fsp3) is 0.188. The topological polar surface area (TPSA) is 69.7 Å². The molecule has 2 aromatic rings. The maximum atomic E-state index is 11.6. The smallest absolute Gasteiger partial charge is 0.175 e. The number of hydrogen-bond acceptors (Lipinski definition) is 6. The Hall–Kier alpha value is -1.99. The van der Waals surface area contributed by atoms with Crippen LogP contribution in [0.25, 0.3) is 0 Å². The van der Waals surface area contributed by atoms with Gasteiger partial charge < -0.3 is 9.47 Å². The highest BCUT2D eigenvalue weighted by Gasteiger charge is 2.15. The van der Waals surface area contributed by atoms with Crippen LogP contribution in [0.15, 0.2) is 51.1 Å². The Kier molecular flexibility index (Phi) is 4.32. The Morgan fingerprint density at radius 2 is 1.78 bits per heavy atom. The molecule has 120 valence electrons. The van der Waals surface area contributed by atoms with Gasteiger partial charge >= 0.3 is 0 Å². The third-order valence-corrected chi connectivity index (χ3v) is 5.47. The van der Waals surface area contributed by atoms with Crippen molar-refractivity contribution >= 4 is 27.9 Å². The van der Waals surface area contributed by atoms with Crippen molar-refractivity contribution in [3.63, 3.8) is 0 Å². The van der Waals surface area contributed by atoms with Crippen LogP contribution in [0.4, 0.5) is 0 Å². The van der Waals surface area contributed by atoms with E-state index in [0.717, 1.165) is 11.2 Å². The summed E-state index contributed by atoms with van der Waals surface area (Å²) < 4.78 is 34.2. The van der Waals surface area contributed by atoms with Crippen LogP contribution < -0.4 is 9.47 Å². The van der Waals surface area contributed by atoms with E-state index >= 15 is 0 Å². The van der Waals surface area contributed by atoms with Crippen molar-refractivity contribution in [2.45, 2.75) is 14.7 Å². The van der Waals surface area contributed by atoms with Crippen LogP contribution >= 0.6 is 11.8 Å². The zero-order valence-corrected chi connectivity index (χ0v) is 13.9. The second kappa shape index (κ2) is 6.25. The van der Waals surface area contributed by atoms with Crippen molar-refractivity contribution in [2.24, 2.45) is 0 Å². The molecule has 7 heteroatoms. The third kappa shape index (κ3) is 3.51. The number of fused-ring (bicyclic) bond motifs is 1. The van der Waals surface area contributed by atoms with Gasteiger partial charge in [0.1, 0.15) is 13.2 Å². The summed E-state index contributed by atoms with van der Waals surface area (Å²) in [5.41, 5.74) is 0.341. The van der Waals surface area contributed by atoms with Crippen molar-refractivity contribution in [1.29, 1.82) is 0 Å². The van der Waals surface area contributed by atoms with E-state index in [4.69, 9.17) is 9.47 Å². The average Bonchev–Trinajstić information content (AvgIpc) is 2.54. The highest BCUT2D eigenvalue weighted by atomic mass is 32.2. The normalized spacial score (nSPS) is 13.6. The fourth-order valence-electron chi connectivity index (χ4n) is 2.16. The molecular weight excluding hydrogens is 336 g/mol. The van der Waals surface area contributed by atoms with E-state index in [0.29, 0.717) is 41.5 Å². The standard InChI is InChI=1S/C16H14O5S2/c1-23(18,19)13-3-5-16(11(8-13)10-17)22-12-2-4-14-15(9-12)21-7-6-20-14/h2-5,8-10H,6-7H2,1H3. The number of aldehydes is 1. The third-order valence-electron chi connectivity index (χ3n) is 3.28. The van der Waals surface area contributed by atoms with E-state index in [1.165, 1.54) is 23.9 Å². The molecule has 0 saturated carbocycles. The van der Waals surface area contributed by atoms with Crippen LogP contribution in [0, 0.1) is 0 Å². The Morgan fingerprint density at radius 1 is 1.04 bits per heavy atom. The van der Waals surface area contributed by atoms with Crippen LogP contribution in [0.5, 0.6) is 11.5 Å². The predicted molar refractivity (Wildman–Crippen MR) is 86.5 cm³/mol.